The summed E-state index contributed by atoms with van der Waals surface area (Å²) in [4.78, 5) is 17.0. The van der Waals surface area contributed by atoms with Crippen molar-refractivity contribution >= 4 is 11.6 Å². The molecule has 126 valence electrons. The minimum absolute atomic E-state index is 0.0292. The second-order valence-corrected chi connectivity index (χ2v) is 6.31. The Morgan fingerprint density at radius 2 is 1.96 bits per heavy atom. The van der Waals surface area contributed by atoms with Gasteiger partial charge in [0, 0.05) is 32.8 Å². The third-order valence-corrected chi connectivity index (χ3v) is 4.94. The molecule has 0 spiro atoms. The maximum atomic E-state index is 12.7. The predicted octanol–water partition coefficient (Wildman–Crippen LogP) is 2.16. The van der Waals surface area contributed by atoms with E-state index < -0.39 is 0 Å². The quantitative estimate of drug-likeness (QED) is 0.856. The van der Waals surface area contributed by atoms with Crippen molar-refractivity contribution in [1.82, 2.24) is 4.90 Å². The molecular weight excluding hydrogens is 292 g/mol. The number of nitrogens with zero attached hydrogens (tertiary/aromatic N) is 2. The van der Waals surface area contributed by atoms with E-state index in [0.29, 0.717) is 0 Å². The van der Waals surface area contributed by atoms with E-state index in [-0.39, 0.29) is 17.9 Å². The molecule has 0 unspecified atom stereocenters. The molecule has 1 aromatic rings. The first-order chi connectivity index (χ1) is 11.2. The number of para-hydroxylation sites is 2. The Kier molecular flexibility index (Phi) is 5.06. The monoisotopic (exact) mass is 318 g/mol. The summed E-state index contributed by atoms with van der Waals surface area (Å²) in [7, 11) is 1.70. The van der Waals surface area contributed by atoms with Gasteiger partial charge in [0.15, 0.2) is 0 Å². The molecule has 0 radical (unpaired) electrons. The van der Waals surface area contributed by atoms with Gasteiger partial charge in [-0.3, -0.25) is 4.79 Å². The summed E-state index contributed by atoms with van der Waals surface area (Å²) in [6.07, 6.45) is 1.98. The van der Waals surface area contributed by atoms with Gasteiger partial charge in [-0.25, -0.2) is 0 Å². The van der Waals surface area contributed by atoms with E-state index in [9.17, 15) is 4.79 Å². The van der Waals surface area contributed by atoms with Crippen LogP contribution in [0.15, 0.2) is 24.3 Å². The molecule has 0 aromatic heterocycles. The van der Waals surface area contributed by atoms with Crippen molar-refractivity contribution in [3.8, 4) is 5.75 Å². The van der Waals surface area contributed by atoms with E-state index in [1.165, 1.54) is 0 Å². The number of methoxy groups -OCH3 is 1. The lowest BCUT2D eigenvalue weighted by Gasteiger charge is -2.39. The maximum absolute atomic E-state index is 12.7. The van der Waals surface area contributed by atoms with Gasteiger partial charge in [-0.1, -0.05) is 12.1 Å². The van der Waals surface area contributed by atoms with Crippen LogP contribution >= 0.6 is 0 Å². The molecule has 23 heavy (non-hydrogen) atoms. The lowest BCUT2D eigenvalue weighted by Crippen LogP contribution is -2.52. The van der Waals surface area contributed by atoms with Crippen molar-refractivity contribution in [3.05, 3.63) is 24.3 Å². The van der Waals surface area contributed by atoms with Gasteiger partial charge in [0.05, 0.1) is 24.8 Å². The van der Waals surface area contributed by atoms with Crippen LogP contribution in [0.2, 0.25) is 0 Å². The molecular formula is C18H26N2O3. The molecule has 2 fully saturated rings. The number of anilines is 1. The van der Waals surface area contributed by atoms with Crippen LogP contribution in [0.3, 0.4) is 0 Å². The molecule has 1 aromatic carbocycles. The second kappa shape index (κ2) is 7.21. The van der Waals surface area contributed by atoms with Crippen LogP contribution < -0.4 is 9.64 Å². The number of carbonyl (C=O) groups excluding carboxylic acids is 1. The normalized spacial score (nSPS) is 25.3. The zero-order valence-electron chi connectivity index (χ0n) is 14.0. The number of benzene rings is 1. The lowest BCUT2D eigenvalue weighted by molar-refractivity contribution is -0.144. The van der Waals surface area contributed by atoms with Crippen molar-refractivity contribution in [2.45, 2.75) is 25.9 Å². The molecule has 2 aliphatic rings. The van der Waals surface area contributed by atoms with Crippen LogP contribution in [0.1, 0.15) is 19.8 Å². The fourth-order valence-electron chi connectivity index (χ4n) is 3.54. The van der Waals surface area contributed by atoms with E-state index in [2.05, 4.69) is 11.0 Å². The summed E-state index contributed by atoms with van der Waals surface area (Å²) in [5.74, 6) is 1.18. The number of amides is 1. The highest BCUT2D eigenvalue weighted by molar-refractivity contribution is 5.80. The minimum atomic E-state index is 0.0292. The summed E-state index contributed by atoms with van der Waals surface area (Å²) in [5, 5.41) is 0. The molecule has 0 N–H and O–H groups in total. The standard InChI is InChI=1S/C18H26N2O3/c1-14-15(6-5-13-23-14)18(21)20-11-9-19(10-12-20)16-7-3-4-8-17(16)22-2/h3-4,7-8,14-15H,5-6,9-13H2,1-2H3/t14-,15-/m1/s1. The van der Waals surface area contributed by atoms with Crippen LogP contribution in [0.25, 0.3) is 0 Å². The van der Waals surface area contributed by atoms with E-state index in [1.807, 2.05) is 30.0 Å². The number of piperazine rings is 1. The molecule has 3 rings (SSSR count). The SMILES string of the molecule is COc1ccccc1N1CCN(C(=O)[C@@H]2CCCO[C@@H]2C)CC1. The lowest BCUT2D eigenvalue weighted by atomic mass is 9.93. The summed E-state index contributed by atoms with van der Waals surface area (Å²) in [5.41, 5.74) is 1.11. The second-order valence-electron chi connectivity index (χ2n) is 6.31. The van der Waals surface area contributed by atoms with Crippen molar-refractivity contribution < 1.29 is 14.3 Å². The van der Waals surface area contributed by atoms with Crippen molar-refractivity contribution in [3.63, 3.8) is 0 Å². The van der Waals surface area contributed by atoms with Crippen molar-refractivity contribution in [2.75, 3.05) is 44.8 Å². The Hall–Kier alpha value is -1.75. The average Bonchev–Trinajstić information content (AvgIpc) is 2.61. The van der Waals surface area contributed by atoms with Crippen LogP contribution in [0.5, 0.6) is 5.75 Å². The van der Waals surface area contributed by atoms with Crippen LogP contribution in [0, 0.1) is 5.92 Å². The van der Waals surface area contributed by atoms with Crippen LogP contribution in [-0.2, 0) is 9.53 Å². The smallest absolute Gasteiger partial charge is 0.228 e. The molecule has 1 amide bonds. The zero-order chi connectivity index (χ0) is 16.2. The van der Waals surface area contributed by atoms with Crippen LogP contribution in [0.4, 0.5) is 5.69 Å². The first-order valence-corrected chi connectivity index (χ1v) is 8.49. The Balaban J connectivity index is 1.61. The third-order valence-electron chi connectivity index (χ3n) is 4.94. The number of rotatable bonds is 3. The fraction of sp³-hybridized carbons (Fsp3) is 0.611. The van der Waals surface area contributed by atoms with Gasteiger partial charge in [0.2, 0.25) is 5.91 Å². The minimum Gasteiger partial charge on any atom is -0.495 e. The van der Waals surface area contributed by atoms with Gasteiger partial charge in [-0.05, 0) is 31.9 Å². The summed E-state index contributed by atoms with van der Waals surface area (Å²) < 4.78 is 11.1. The maximum Gasteiger partial charge on any atom is 0.228 e. The molecule has 2 heterocycles. The third kappa shape index (κ3) is 3.44. The van der Waals surface area contributed by atoms with E-state index >= 15 is 0 Å². The first-order valence-electron chi connectivity index (χ1n) is 8.49. The van der Waals surface area contributed by atoms with E-state index in [0.717, 1.165) is 57.1 Å². The number of carbonyl (C=O) groups is 1. The Labute approximate surface area is 138 Å². The molecule has 0 saturated carbocycles. The molecule has 5 heteroatoms. The van der Waals surface area contributed by atoms with Gasteiger partial charge in [0.25, 0.3) is 0 Å². The van der Waals surface area contributed by atoms with E-state index in [1.54, 1.807) is 7.11 Å². The summed E-state index contributed by atoms with van der Waals surface area (Å²) in [6, 6.07) is 8.06. The number of hydrogen-bond donors (Lipinski definition) is 0. The Bertz CT molecular complexity index is 541. The molecule has 2 atom stereocenters. The van der Waals surface area contributed by atoms with Crippen molar-refractivity contribution in [1.29, 1.82) is 0 Å². The summed E-state index contributed by atoms with van der Waals surface area (Å²) >= 11 is 0. The highest BCUT2D eigenvalue weighted by atomic mass is 16.5. The molecule has 2 aliphatic heterocycles. The largest absolute Gasteiger partial charge is 0.495 e. The fourth-order valence-corrected chi connectivity index (χ4v) is 3.54. The van der Waals surface area contributed by atoms with Gasteiger partial charge in [0.1, 0.15) is 5.75 Å². The zero-order valence-corrected chi connectivity index (χ0v) is 14.0. The van der Waals surface area contributed by atoms with Gasteiger partial charge in [-0.15, -0.1) is 0 Å². The Morgan fingerprint density at radius 3 is 2.65 bits per heavy atom. The van der Waals surface area contributed by atoms with E-state index in [4.69, 9.17) is 9.47 Å². The molecule has 2 saturated heterocycles. The number of hydrogen-bond acceptors (Lipinski definition) is 4. The average molecular weight is 318 g/mol. The van der Waals surface area contributed by atoms with Gasteiger partial charge < -0.3 is 19.3 Å². The first kappa shape index (κ1) is 16.1. The molecule has 5 nitrogen and oxygen atoms in total. The number of ether oxygens (including phenoxy) is 2. The van der Waals surface area contributed by atoms with Crippen LogP contribution in [-0.4, -0.2) is 56.8 Å². The predicted molar refractivity (Wildman–Crippen MR) is 89.9 cm³/mol. The molecule has 0 bridgehead atoms. The Morgan fingerprint density at radius 1 is 1.22 bits per heavy atom. The van der Waals surface area contributed by atoms with Crippen molar-refractivity contribution in [2.24, 2.45) is 5.92 Å². The molecule has 0 aliphatic carbocycles. The van der Waals surface area contributed by atoms with Gasteiger partial charge >= 0.3 is 0 Å². The highest BCUT2D eigenvalue weighted by Crippen LogP contribution is 2.29. The topological polar surface area (TPSA) is 42.0 Å². The van der Waals surface area contributed by atoms with Gasteiger partial charge in [-0.2, -0.15) is 0 Å². The highest BCUT2D eigenvalue weighted by Gasteiger charge is 2.33. The summed E-state index contributed by atoms with van der Waals surface area (Å²) in [6.45, 7) is 6.02.